The highest BCUT2D eigenvalue weighted by atomic mass is 35.5. The lowest BCUT2D eigenvalue weighted by Crippen LogP contribution is -2.18. The first-order valence-electron chi connectivity index (χ1n) is 8.77. The molecule has 0 fully saturated rings. The van der Waals surface area contributed by atoms with Gasteiger partial charge in [0.05, 0.1) is 24.6 Å². The minimum Gasteiger partial charge on any atom is -0.497 e. The topological polar surface area (TPSA) is 24.8 Å². The molecule has 6 heteroatoms. The molecule has 3 aromatic carbocycles. The SMILES string of the molecule is COc1ccc(C2=NN(c3cccc(Cl)c3)C(c3ccc(Cl)cc3Cl)C2)cc1. The molecule has 0 N–H and O–H groups in total. The van der Waals surface area contributed by atoms with Gasteiger partial charge in [-0.2, -0.15) is 5.10 Å². The zero-order valence-corrected chi connectivity index (χ0v) is 17.3. The van der Waals surface area contributed by atoms with E-state index in [1.54, 1.807) is 13.2 Å². The fourth-order valence-corrected chi connectivity index (χ4v) is 4.06. The van der Waals surface area contributed by atoms with Crippen molar-refractivity contribution >= 4 is 46.2 Å². The number of benzene rings is 3. The third kappa shape index (κ3) is 3.83. The molecule has 1 atom stereocenters. The third-order valence-corrected chi connectivity index (χ3v) is 5.53. The van der Waals surface area contributed by atoms with Crippen molar-refractivity contribution in [2.45, 2.75) is 12.5 Å². The van der Waals surface area contributed by atoms with Gasteiger partial charge < -0.3 is 4.74 Å². The fourth-order valence-electron chi connectivity index (χ4n) is 3.34. The second kappa shape index (κ2) is 8.04. The molecule has 1 heterocycles. The zero-order valence-electron chi connectivity index (χ0n) is 15.1. The Bertz CT molecular complexity index is 1030. The van der Waals surface area contributed by atoms with Crippen molar-refractivity contribution < 1.29 is 4.74 Å². The quantitative estimate of drug-likeness (QED) is 0.444. The summed E-state index contributed by atoms with van der Waals surface area (Å²) in [4.78, 5) is 0. The number of rotatable bonds is 4. The molecule has 3 nitrogen and oxygen atoms in total. The molecule has 3 aromatic rings. The van der Waals surface area contributed by atoms with Gasteiger partial charge >= 0.3 is 0 Å². The van der Waals surface area contributed by atoms with Crippen LogP contribution in [0.2, 0.25) is 15.1 Å². The number of anilines is 1. The predicted molar refractivity (Wildman–Crippen MR) is 117 cm³/mol. The molecule has 1 aliphatic rings. The first kappa shape index (κ1) is 19.1. The van der Waals surface area contributed by atoms with Crippen LogP contribution in [0.15, 0.2) is 71.8 Å². The van der Waals surface area contributed by atoms with Gasteiger partial charge in [-0.1, -0.05) is 46.9 Å². The van der Waals surface area contributed by atoms with Gasteiger partial charge in [-0.05, 0) is 65.7 Å². The van der Waals surface area contributed by atoms with Crippen molar-refractivity contribution in [1.82, 2.24) is 0 Å². The molecular formula is C22H17Cl3N2O. The zero-order chi connectivity index (χ0) is 19.7. The maximum absolute atomic E-state index is 6.52. The van der Waals surface area contributed by atoms with Crippen LogP contribution in [0.5, 0.6) is 5.75 Å². The van der Waals surface area contributed by atoms with E-state index in [0.29, 0.717) is 21.5 Å². The van der Waals surface area contributed by atoms with E-state index in [1.807, 2.05) is 65.7 Å². The molecule has 0 bridgehead atoms. The highest BCUT2D eigenvalue weighted by molar-refractivity contribution is 6.35. The molecule has 0 radical (unpaired) electrons. The van der Waals surface area contributed by atoms with Crippen molar-refractivity contribution in [2.24, 2.45) is 5.10 Å². The lowest BCUT2D eigenvalue weighted by molar-refractivity contribution is 0.415. The summed E-state index contributed by atoms with van der Waals surface area (Å²) in [5.74, 6) is 0.811. The number of hydrogen-bond donors (Lipinski definition) is 0. The summed E-state index contributed by atoms with van der Waals surface area (Å²) in [6, 6.07) is 21.1. The summed E-state index contributed by atoms with van der Waals surface area (Å²) in [5.41, 5.74) is 3.89. The molecule has 1 aliphatic heterocycles. The number of methoxy groups -OCH3 is 1. The van der Waals surface area contributed by atoms with E-state index in [-0.39, 0.29) is 6.04 Å². The summed E-state index contributed by atoms with van der Waals surface area (Å²) in [7, 11) is 1.65. The standard InChI is InChI=1S/C22H17Cl3N2O/c1-28-18-8-5-14(6-9-18)21-13-22(19-10-7-16(24)12-20(19)25)27(26-21)17-4-2-3-15(23)11-17/h2-12,22H,13H2,1H3. The molecule has 0 saturated heterocycles. The van der Waals surface area contributed by atoms with Crippen LogP contribution in [0.1, 0.15) is 23.6 Å². The Morgan fingerprint density at radius 3 is 2.36 bits per heavy atom. The van der Waals surface area contributed by atoms with E-state index < -0.39 is 0 Å². The van der Waals surface area contributed by atoms with Crippen LogP contribution in [0, 0.1) is 0 Å². The van der Waals surface area contributed by atoms with Crippen LogP contribution >= 0.6 is 34.8 Å². The normalized spacial score (nSPS) is 16.2. The van der Waals surface area contributed by atoms with Gasteiger partial charge in [0.2, 0.25) is 0 Å². The maximum Gasteiger partial charge on any atom is 0.118 e. The molecule has 142 valence electrons. The molecular weight excluding hydrogens is 415 g/mol. The Hall–Kier alpha value is -2.20. The average molecular weight is 432 g/mol. The van der Waals surface area contributed by atoms with Crippen LogP contribution in [0.25, 0.3) is 0 Å². The second-order valence-corrected chi connectivity index (χ2v) is 7.77. The van der Waals surface area contributed by atoms with Gasteiger partial charge in [0.1, 0.15) is 5.75 Å². The van der Waals surface area contributed by atoms with E-state index in [9.17, 15) is 0 Å². The van der Waals surface area contributed by atoms with E-state index in [4.69, 9.17) is 44.6 Å². The molecule has 1 unspecified atom stereocenters. The van der Waals surface area contributed by atoms with Crippen LogP contribution < -0.4 is 9.75 Å². The largest absolute Gasteiger partial charge is 0.497 e. The molecule has 0 aromatic heterocycles. The Morgan fingerprint density at radius 1 is 0.929 bits per heavy atom. The van der Waals surface area contributed by atoms with Crippen molar-refractivity contribution in [3.63, 3.8) is 0 Å². The van der Waals surface area contributed by atoms with E-state index >= 15 is 0 Å². The summed E-state index contributed by atoms with van der Waals surface area (Å²) in [6.45, 7) is 0. The van der Waals surface area contributed by atoms with Gasteiger partial charge in [0.15, 0.2) is 0 Å². The third-order valence-electron chi connectivity index (χ3n) is 4.73. The van der Waals surface area contributed by atoms with Crippen LogP contribution in [-0.2, 0) is 0 Å². The number of nitrogens with zero attached hydrogens (tertiary/aromatic N) is 2. The summed E-state index contributed by atoms with van der Waals surface area (Å²) >= 11 is 18.8. The molecule has 0 saturated carbocycles. The highest BCUT2D eigenvalue weighted by Crippen LogP contribution is 2.40. The minimum atomic E-state index is -0.0552. The van der Waals surface area contributed by atoms with Gasteiger partial charge in [0, 0.05) is 21.5 Å². The number of ether oxygens (including phenoxy) is 1. The summed E-state index contributed by atoms with van der Waals surface area (Å²) < 4.78 is 5.26. The molecule has 0 aliphatic carbocycles. The van der Waals surface area contributed by atoms with Crippen molar-refractivity contribution in [3.05, 3.63) is 92.9 Å². The van der Waals surface area contributed by atoms with Gasteiger partial charge in [-0.3, -0.25) is 5.01 Å². The van der Waals surface area contributed by atoms with E-state index in [1.165, 1.54) is 0 Å². The lowest BCUT2D eigenvalue weighted by Gasteiger charge is -2.25. The van der Waals surface area contributed by atoms with Crippen LogP contribution in [0.4, 0.5) is 5.69 Å². The number of hydrogen-bond acceptors (Lipinski definition) is 3. The number of halogens is 3. The van der Waals surface area contributed by atoms with E-state index in [0.717, 1.165) is 28.3 Å². The Morgan fingerprint density at radius 2 is 1.68 bits per heavy atom. The maximum atomic E-state index is 6.52. The predicted octanol–water partition coefficient (Wildman–Crippen LogP) is 7.01. The van der Waals surface area contributed by atoms with Crippen molar-refractivity contribution in [2.75, 3.05) is 12.1 Å². The Kier molecular flexibility index (Phi) is 5.49. The van der Waals surface area contributed by atoms with Gasteiger partial charge in [-0.25, -0.2) is 0 Å². The monoisotopic (exact) mass is 430 g/mol. The van der Waals surface area contributed by atoms with E-state index in [2.05, 4.69) is 0 Å². The molecule has 28 heavy (non-hydrogen) atoms. The summed E-state index contributed by atoms with van der Waals surface area (Å²) in [5, 5.41) is 8.77. The van der Waals surface area contributed by atoms with Gasteiger partial charge in [-0.15, -0.1) is 0 Å². The minimum absolute atomic E-state index is 0.0552. The first-order valence-corrected chi connectivity index (χ1v) is 9.90. The number of hydrazone groups is 1. The first-order chi connectivity index (χ1) is 13.5. The molecule has 4 rings (SSSR count). The van der Waals surface area contributed by atoms with Crippen molar-refractivity contribution in [1.29, 1.82) is 0 Å². The fraction of sp³-hybridized carbons (Fsp3) is 0.136. The summed E-state index contributed by atoms with van der Waals surface area (Å²) in [6.07, 6.45) is 0.709. The van der Waals surface area contributed by atoms with Crippen LogP contribution in [-0.4, -0.2) is 12.8 Å². The highest BCUT2D eigenvalue weighted by Gasteiger charge is 2.31. The molecule has 0 amide bonds. The van der Waals surface area contributed by atoms with Gasteiger partial charge in [0.25, 0.3) is 0 Å². The average Bonchev–Trinajstić information content (AvgIpc) is 3.13. The lowest BCUT2D eigenvalue weighted by atomic mass is 9.98. The Balaban J connectivity index is 1.76. The Labute approximate surface area is 179 Å². The smallest absolute Gasteiger partial charge is 0.118 e. The van der Waals surface area contributed by atoms with Crippen LogP contribution in [0.3, 0.4) is 0 Å². The second-order valence-electron chi connectivity index (χ2n) is 6.49. The molecule has 0 spiro atoms. The van der Waals surface area contributed by atoms with Crippen molar-refractivity contribution in [3.8, 4) is 5.75 Å².